The molecule has 0 aliphatic rings. The van der Waals surface area contributed by atoms with Crippen molar-refractivity contribution in [3.8, 4) is 0 Å². The van der Waals surface area contributed by atoms with E-state index in [1.807, 2.05) is 43.3 Å². The lowest BCUT2D eigenvalue weighted by atomic mass is 10.1. The summed E-state index contributed by atoms with van der Waals surface area (Å²) >= 11 is 16.9. The van der Waals surface area contributed by atoms with Crippen molar-refractivity contribution in [2.45, 2.75) is 38.6 Å². The predicted octanol–water partition coefficient (Wildman–Crippen LogP) is 5.93. The second-order valence-corrected chi connectivity index (χ2v) is 9.57. The van der Waals surface area contributed by atoms with Crippen LogP contribution in [0.3, 0.4) is 0 Å². The maximum absolute atomic E-state index is 13.0. The van der Waals surface area contributed by atoms with Crippen molar-refractivity contribution in [3.05, 3.63) is 68.1 Å². The van der Waals surface area contributed by atoms with Gasteiger partial charge in [0, 0.05) is 23.3 Å². The summed E-state index contributed by atoms with van der Waals surface area (Å²) in [5.41, 5.74) is 1.96. The molecule has 0 bridgehead atoms. The molecule has 0 aromatic heterocycles. The number of nitrogens with one attached hydrogen (secondary N) is 1. The molecular weight excluding hydrogens is 507 g/mol. The van der Waals surface area contributed by atoms with Gasteiger partial charge < -0.3 is 10.2 Å². The molecule has 162 valence electrons. The van der Waals surface area contributed by atoms with Crippen LogP contribution in [-0.2, 0) is 21.9 Å². The van der Waals surface area contributed by atoms with E-state index in [0.29, 0.717) is 28.9 Å². The first-order chi connectivity index (χ1) is 14.3. The molecule has 2 rings (SSSR count). The van der Waals surface area contributed by atoms with Crippen LogP contribution in [0, 0.1) is 0 Å². The average molecular weight is 532 g/mol. The number of rotatable bonds is 10. The summed E-state index contributed by atoms with van der Waals surface area (Å²) in [5.74, 6) is 0.673. The van der Waals surface area contributed by atoms with Crippen LogP contribution in [0.1, 0.15) is 31.4 Å². The Labute approximate surface area is 200 Å². The highest BCUT2D eigenvalue weighted by molar-refractivity contribution is 9.10. The number of benzene rings is 2. The molecule has 0 saturated carbocycles. The van der Waals surface area contributed by atoms with Crippen LogP contribution in [0.4, 0.5) is 0 Å². The zero-order valence-electron chi connectivity index (χ0n) is 17.0. The Balaban J connectivity index is 2.05. The van der Waals surface area contributed by atoms with Crippen molar-refractivity contribution in [1.82, 2.24) is 10.2 Å². The van der Waals surface area contributed by atoms with Gasteiger partial charge in [-0.3, -0.25) is 9.59 Å². The Morgan fingerprint density at radius 2 is 1.77 bits per heavy atom. The number of hydrogen-bond acceptors (Lipinski definition) is 3. The lowest BCUT2D eigenvalue weighted by molar-refractivity contribution is -0.138. The van der Waals surface area contributed by atoms with Gasteiger partial charge in [0.2, 0.25) is 11.8 Å². The number of hydrogen-bond donors (Lipinski definition) is 1. The molecule has 0 spiro atoms. The molecule has 0 aliphatic carbocycles. The molecule has 30 heavy (non-hydrogen) atoms. The SMILES string of the molecule is CCCNC(=O)[C@H](C)N(Cc1ccc(Br)cc1)C(=O)CSCc1ccc(Cl)c(Cl)c1. The summed E-state index contributed by atoms with van der Waals surface area (Å²) in [6.07, 6.45) is 0.846. The second-order valence-electron chi connectivity index (χ2n) is 6.86. The first-order valence-corrected chi connectivity index (χ1v) is 12.4. The molecule has 1 N–H and O–H groups in total. The third kappa shape index (κ3) is 7.80. The van der Waals surface area contributed by atoms with Crippen LogP contribution < -0.4 is 5.32 Å². The zero-order valence-corrected chi connectivity index (χ0v) is 20.9. The Bertz CT molecular complexity index is 865. The van der Waals surface area contributed by atoms with Crippen LogP contribution in [0.2, 0.25) is 10.0 Å². The Kier molecular flexibility index (Phi) is 10.5. The van der Waals surface area contributed by atoms with Gasteiger partial charge in [0.25, 0.3) is 0 Å². The van der Waals surface area contributed by atoms with Crippen molar-refractivity contribution < 1.29 is 9.59 Å². The fourth-order valence-corrected chi connectivity index (χ4v) is 4.18. The standard InChI is InChI=1S/C22H25BrCl2N2O2S/c1-3-10-26-22(29)15(2)27(12-16-4-7-18(23)8-5-16)21(28)14-30-13-17-6-9-19(24)20(25)11-17/h4-9,11,15H,3,10,12-14H2,1-2H3,(H,26,29)/t15-/m0/s1. The first kappa shape index (κ1) is 25.1. The van der Waals surface area contributed by atoms with Crippen molar-refractivity contribution in [2.24, 2.45) is 0 Å². The van der Waals surface area contributed by atoms with Crippen LogP contribution in [0.25, 0.3) is 0 Å². The molecule has 0 radical (unpaired) electrons. The molecule has 8 heteroatoms. The van der Waals surface area contributed by atoms with Gasteiger partial charge in [-0.15, -0.1) is 11.8 Å². The third-order valence-corrected chi connectivity index (χ3v) is 6.72. The molecule has 1 atom stereocenters. The number of halogens is 3. The minimum atomic E-state index is -0.557. The van der Waals surface area contributed by atoms with Crippen molar-refractivity contribution in [3.63, 3.8) is 0 Å². The van der Waals surface area contributed by atoms with E-state index in [0.717, 1.165) is 22.0 Å². The van der Waals surface area contributed by atoms with E-state index in [4.69, 9.17) is 23.2 Å². The van der Waals surface area contributed by atoms with Crippen LogP contribution in [0.15, 0.2) is 46.9 Å². The second kappa shape index (κ2) is 12.6. The molecule has 0 aliphatic heterocycles. The lowest BCUT2D eigenvalue weighted by Crippen LogP contribution is -2.48. The van der Waals surface area contributed by atoms with E-state index in [1.165, 1.54) is 11.8 Å². The highest BCUT2D eigenvalue weighted by Gasteiger charge is 2.25. The molecule has 0 saturated heterocycles. The molecule has 0 unspecified atom stereocenters. The minimum absolute atomic E-state index is 0.0814. The molecule has 2 amide bonds. The van der Waals surface area contributed by atoms with E-state index in [9.17, 15) is 9.59 Å². The molecule has 2 aromatic carbocycles. The molecular formula is C22H25BrCl2N2O2S. The average Bonchev–Trinajstić information content (AvgIpc) is 2.73. The van der Waals surface area contributed by atoms with E-state index in [-0.39, 0.29) is 17.6 Å². The summed E-state index contributed by atoms with van der Waals surface area (Å²) in [5, 5.41) is 3.89. The zero-order chi connectivity index (χ0) is 22.1. The fourth-order valence-electron chi connectivity index (χ4n) is 2.73. The normalized spacial score (nSPS) is 11.8. The van der Waals surface area contributed by atoms with Gasteiger partial charge in [-0.2, -0.15) is 0 Å². The summed E-state index contributed by atoms with van der Waals surface area (Å²) in [6.45, 7) is 4.73. The van der Waals surface area contributed by atoms with Gasteiger partial charge in [-0.25, -0.2) is 0 Å². The van der Waals surface area contributed by atoms with E-state index >= 15 is 0 Å². The summed E-state index contributed by atoms with van der Waals surface area (Å²) < 4.78 is 0.968. The van der Waals surface area contributed by atoms with Crippen LogP contribution in [0.5, 0.6) is 0 Å². The number of amides is 2. The monoisotopic (exact) mass is 530 g/mol. The fraction of sp³-hybridized carbons (Fsp3) is 0.364. The first-order valence-electron chi connectivity index (χ1n) is 9.65. The molecule has 4 nitrogen and oxygen atoms in total. The topological polar surface area (TPSA) is 49.4 Å². The smallest absolute Gasteiger partial charge is 0.242 e. The van der Waals surface area contributed by atoms with E-state index in [2.05, 4.69) is 21.2 Å². The maximum atomic E-state index is 13.0. The molecule has 0 fully saturated rings. The largest absolute Gasteiger partial charge is 0.354 e. The maximum Gasteiger partial charge on any atom is 0.242 e. The van der Waals surface area contributed by atoms with Gasteiger partial charge in [0.1, 0.15) is 6.04 Å². The highest BCUT2D eigenvalue weighted by Crippen LogP contribution is 2.25. The Hall–Kier alpha value is -1.21. The van der Waals surface area contributed by atoms with Gasteiger partial charge in [0.05, 0.1) is 15.8 Å². The van der Waals surface area contributed by atoms with Crippen LogP contribution in [-0.4, -0.2) is 35.1 Å². The van der Waals surface area contributed by atoms with Gasteiger partial charge in [0.15, 0.2) is 0 Å². The van der Waals surface area contributed by atoms with Crippen LogP contribution >= 0.6 is 50.9 Å². The number of nitrogens with zero attached hydrogens (tertiary/aromatic N) is 1. The number of thioether (sulfide) groups is 1. The quantitative estimate of drug-likeness (QED) is 0.413. The summed E-state index contributed by atoms with van der Waals surface area (Å²) in [4.78, 5) is 27.2. The highest BCUT2D eigenvalue weighted by atomic mass is 79.9. The Morgan fingerprint density at radius 1 is 1.10 bits per heavy atom. The van der Waals surface area contributed by atoms with E-state index in [1.54, 1.807) is 17.9 Å². The summed E-state index contributed by atoms with van der Waals surface area (Å²) in [7, 11) is 0. The molecule has 0 heterocycles. The lowest BCUT2D eigenvalue weighted by Gasteiger charge is -2.28. The number of carbonyl (C=O) groups is 2. The van der Waals surface area contributed by atoms with Gasteiger partial charge >= 0.3 is 0 Å². The predicted molar refractivity (Wildman–Crippen MR) is 130 cm³/mol. The van der Waals surface area contributed by atoms with Crippen molar-refractivity contribution >= 4 is 62.7 Å². The summed E-state index contributed by atoms with van der Waals surface area (Å²) in [6, 6.07) is 12.7. The van der Waals surface area contributed by atoms with E-state index < -0.39 is 6.04 Å². The van der Waals surface area contributed by atoms with Crippen molar-refractivity contribution in [1.29, 1.82) is 0 Å². The Morgan fingerprint density at radius 3 is 2.40 bits per heavy atom. The molecule has 2 aromatic rings. The minimum Gasteiger partial charge on any atom is -0.354 e. The van der Waals surface area contributed by atoms with Gasteiger partial charge in [-0.1, -0.05) is 64.3 Å². The van der Waals surface area contributed by atoms with Crippen molar-refractivity contribution in [2.75, 3.05) is 12.3 Å². The van der Waals surface area contributed by atoms with Gasteiger partial charge in [-0.05, 0) is 48.7 Å². The number of carbonyl (C=O) groups excluding carboxylic acids is 2. The third-order valence-electron chi connectivity index (χ3n) is 4.46.